The number of hydrogen-bond donors (Lipinski definition) is 0. The summed E-state index contributed by atoms with van der Waals surface area (Å²) in [6.07, 6.45) is 17.6. The smallest absolute Gasteiger partial charge is 0.0181 e. The van der Waals surface area contributed by atoms with E-state index in [4.69, 9.17) is 0 Å². The van der Waals surface area contributed by atoms with Crippen molar-refractivity contribution < 1.29 is 0 Å². The first-order chi connectivity index (χ1) is 8.31. The van der Waals surface area contributed by atoms with Crippen LogP contribution in [0.4, 0.5) is 0 Å². The first-order valence-electron chi connectivity index (χ1n) is 8.06. The molecule has 1 saturated heterocycles. The second kappa shape index (κ2) is 6.78. The lowest BCUT2D eigenvalue weighted by atomic mass is 9.83. The third kappa shape index (κ3) is 3.98. The molecule has 0 N–H and O–H groups in total. The number of nitrogens with zero attached hydrogens (tertiary/aromatic N) is 1. The van der Waals surface area contributed by atoms with Gasteiger partial charge < -0.3 is 0 Å². The van der Waals surface area contributed by atoms with Gasteiger partial charge in [0.1, 0.15) is 0 Å². The van der Waals surface area contributed by atoms with Crippen LogP contribution in [0.3, 0.4) is 0 Å². The Morgan fingerprint density at radius 1 is 0.588 bits per heavy atom. The average molecular weight is 237 g/mol. The predicted molar refractivity (Wildman–Crippen MR) is 75.4 cm³/mol. The van der Waals surface area contributed by atoms with Crippen molar-refractivity contribution >= 4 is 0 Å². The van der Waals surface area contributed by atoms with E-state index < -0.39 is 0 Å². The van der Waals surface area contributed by atoms with Gasteiger partial charge in [-0.2, -0.15) is 0 Å². The Hall–Kier alpha value is -0.0400. The summed E-state index contributed by atoms with van der Waals surface area (Å²) >= 11 is 0. The van der Waals surface area contributed by atoms with E-state index in [-0.39, 0.29) is 0 Å². The van der Waals surface area contributed by atoms with E-state index in [1.54, 1.807) is 0 Å². The van der Waals surface area contributed by atoms with Crippen LogP contribution < -0.4 is 0 Å². The standard InChI is InChI=1S/C16H31N/c1-16(12-8-4-2-5-9-13-16)17-14-10-6-3-7-11-15-17/h2-15H2,1H3. The Bertz CT molecular complexity index is 196. The highest BCUT2D eigenvalue weighted by Crippen LogP contribution is 2.32. The van der Waals surface area contributed by atoms with Gasteiger partial charge in [-0.15, -0.1) is 0 Å². The number of hydrogen-bond acceptors (Lipinski definition) is 1. The molecule has 1 heteroatoms. The highest BCUT2D eigenvalue weighted by molar-refractivity contribution is 4.87. The lowest BCUT2D eigenvalue weighted by molar-refractivity contribution is 0.0674. The van der Waals surface area contributed by atoms with Crippen LogP contribution in [0, 0.1) is 0 Å². The molecule has 0 atom stereocenters. The molecule has 0 aromatic heterocycles. The molecule has 1 aliphatic heterocycles. The van der Waals surface area contributed by atoms with Crippen LogP contribution in [0.1, 0.15) is 84.0 Å². The Labute approximate surface area is 108 Å². The fourth-order valence-electron chi connectivity index (χ4n) is 3.77. The molecule has 0 bridgehead atoms. The lowest BCUT2D eigenvalue weighted by Gasteiger charge is -2.43. The van der Waals surface area contributed by atoms with Crippen molar-refractivity contribution in [2.75, 3.05) is 13.1 Å². The van der Waals surface area contributed by atoms with Crippen molar-refractivity contribution in [3.8, 4) is 0 Å². The van der Waals surface area contributed by atoms with Gasteiger partial charge in [-0.3, -0.25) is 4.90 Å². The first kappa shape index (κ1) is 13.4. The largest absolute Gasteiger partial charge is 0.298 e. The molecular formula is C16H31N. The van der Waals surface area contributed by atoms with Crippen LogP contribution in [0.5, 0.6) is 0 Å². The zero-order chi connectivity index (χ0) is 12.0. The van der Waals surface area contributed by atoms with E-state index >= 15 is 0 Å². The summed E-state index contributed by atoms with van der Waals surface area (Å²) in [5.74, 6) is 0. The van der Waals surface area contributed by atoms with Crippen LogP contribution in [0.2, 0.25) is 0 Å². The van der Waals surface area contributed by atoms with Gasteiger partial charge >= 0.3 is 0 Å². The molecule has 1 saturated carbocycles. The van der Waals surface area contributed by atoms with Gasteiger partial charge in [0.25, 0.3) is 0 Å². The maximum atomic E-state index is 2.86. The van der Waals surface area contributed by atoms with Crippen molar-refractivity contribution in [3.05, 3.63) is 0 Å². The zero-order valence-electron chi connectivity index (χ0n) is 11.8. The average Bonchev–Trinajstić information content (AvgIpc) is 2.23. The monoisotopic (exact) mass is 237 g/mol. The third-order valence-corrected chi connectivity index (χ3v) is 5.05. The van der Waals surface area contributed by atoms with Crippen LogP contribution in [-0.4, -0.2) is 23.5 Å². The van der Waals surface area contributed by atoms with Gasteiger partial charge in [-0.05, 0) is 45.7 Å². The van der Waals surface area contributed by atoms with Crippen molar-refractivity contribution in [1.29, 1.82) is 0 Å². The minimum absolute atomic E-state index is 0.539. The molecule has 0 radical (unpaired) electrons. The molecule has 1 heterocycles. The van der Waals surface area contributed by atoms with Crippen LogP contribution in [0.15, 0.2) is 0 Å². The van der Waals surface area contributed by atoms with Crippen LogP contribution in [0.25, 0.3) is 0 Å². The molecular weight excluding hydrogens is 206 g/mol. The lowest BCUT2D eigenvalue weighted by Crippen LogP contribution is -2.48. The van der Waals surface area contributed by atoms with Gasteiger partial charge in [0, 0.05) is 5.54 Å². The second-order valence-corrected chi connectivity index (χ2v) is 6.52. The summed E-state index contributed by atoms with van der Waals surface area (Å²) in [4.78, 5) is 2.86. The van der Waals surface area contributed by atoms with E-state index in [9.17, 15) is 0 Å². The normalized spacial score (nSPS) is 28.8. The molecule has 2 fully saturated rings. The fraction of sp³-hybridized carbons (Fsp3) is 1.00. The van der Waals surface area contributed by atoms with Gasteiger partial charge in [0.15, 0.2) is 0 Å². The van der Waals surface area contributed by atoms with Crippen LogP contribution in [-0.2, 0) is 0 Å². The van der Waals surface area contributed by atoms with Gasteiger partial charge in [-0.25, -0.2) is 0 Å². The van der Waals surface area contributed by atoms with E-state index in [0.717, 1.165) is 0 Å². The molecule has 2 rings (SSSR count). The number of likely N-dealkylation sites (tertiary alicyclic amines) is 1. The molecule has 0 spiro atoms. The Morgan fingerprint density at radius 2 is 1.00 bits per heavy atom. The maximum absolute atomic E-state index is 2.86. The Morgan fingerprint density at radius 3 is 1.53 bits per heavy atom. The van der Waals surface area contributed by atoms with Gasteiger partial charge in [0.05, 0.1) is 0 Å². The fourth-order valence-corrected chi connectivity index (χ4v) is 3.77. The van der Waals surface area contributed by atoms with Crippen LogP contribution >= 0.6 is 0 Å². The highest BCUT2D eigenvalue weighted by atomic mass is 15.2. The summed E-state index contributed by atoms with van der Waals surface area (Å²) in [5.41, 5.74) is 0.539. The van der Waals surface area contributed by atoms with Crippen molar-refractivity contribution in [3.63, 3.8) is 0 Å². The maximum Gasteiger partial charge on any atom is 0.0181 e. The van der Waals surface area contributed by atoms with E-state index in [1.807, 2.05) is 0 Å². The Kier molecular flexibility index (Phi) is 5.34. The van der Waals surface area contributed by atoms with Gasteiger partial charge in [0.2, 0.25) is 0 Å². The molecule has 0 aromatic rings. The highest BCUT2D eigenvalue weighted by Gasteiger charge is 2.31. The molecule has 0 unspecified atom stereocenters. The zero-order valence-corrected chi connectivity index (χ0v) is 11.8. The summed E-state index contributed by atoms with van der Waals surface area (Å²) in [5, 5.41) is 0. The summed E-state index contributed by atoms with van der Waals surface area (Å²) in [6, 6.07) is 0. The van der Waals surface area contributed by atoms with Gasteiger partial charge in [-0.1, -0.05) is 51.4 Å². The second-order valence-electron chi connectivity index (χ2n) is 6.52. The van der Waals surface area contributed by atoms with Crippen molar-refractivity contribution in [2.45, 2.75) is 89.5 Å². The molecule has 2 aliphatic rings. The quantitative estimate of drug-likeness (QED) is 0.636. The minimum atomic E-state index is 0.539. The Balaban J connectivity index is 1.94. The van der Waals surface area contributed by atoms with E-state index in [0.29, 0.717) is 5.54 Å². The molecule has 100 valence electrons. The van der Waals surface area contributed by atoms with Crippen molar-refractivity contribution in [1.82, 2.24) is 4.90 Å². The number of rotatable bonds is 1. The third-order valence-electron chi connectivity index (χ3n) is 5.05. The SMILES string of the molecule is CC1(N2CCCCCCC2)CCCCCCC1. The van der Waals surface area contributed by atoms with E-state index in [1.165, 1.54) is 90.1 Å². The van der Waals surface area contributed by atoms with E-state index in [2.05, 4.69) is 11.8 Å². The molecule has 1 aliphatic carbocycles. The molecule has 0 amide bonds. The first-order valence-corrected chi connectivity index (χ1v) is 8.06. The summed E-state index contributed by atoms with van der Waals surface area (Å²) < 4.78 is 0. The summed E-state index contributed by atoms with van der Waals surface area (Å²) in [6.45, 7) is 5.30. The molecule has 0 aromatic carbocycles. The topological polar surface area (TPSA) is 3.24 Å². The minimum Gasteiger partial charge on any atom is -0.298 e. The molecule has 17 heavy (non-hydrogen) atoms. The summed E-state index contributed by atoms with van der Waals surface area (Å²) in [7, 11) is 0. The predicted octanol–water partition coefficient (Wildman–Crippen LogP) is 4.76. The molecule has 1 nitrogen and oxygen atoms in total. The van der Waals surface area contributed by atoms with Crippen molar-refractivity contribution in [2.24, 2.45) is 0 Å².